The molecule has 0 saturated carbocycles. The fraction of sp³-hybridized carbons (Fsp3) is 0. The van der Waals surface area contributed by atoms with Crippen LogP contribution in [0.15, 0.2) is 23.1 Å². The SMILES string of the molecule is O=c1c(I)c[nH]c2c(Cl)ccc(Cl)c12. The normalized spacial score (nSPS) is 10.8. The number of aromatic amines is 1. The van der Waals surface area contributed by atoms with E-state index in [0.717, 1.165) is 0 Å². The van der Waals surface area contributed by atoms with Crippen molar-refractivity contribution >= 4 is 56.7 Å². The molecule has 0 bridgehead atoms. The molecule has 2 rings (SSSR count). The van der Waals surface area contributed by atoms with Gasteiger partial charge in [-0.15, -0.1) is 0 Å². The van der Waals surface area contributed by atoms with Crippen LogP contribution in [0.5, 0.6) is 0 Å². The lowest BCUT2D eigenvalue weighted by atomic mass is 10.2. The van der Waals surface area contributed by atoms with E-state index in [-0.39, 0.29) is 5.43 Å². The Kier molecular flexibility index (Phi) is 2.72. The Morgan fingerprint density at radius 1 is 1.21 bits per heavy atom. The number of benzene rings is 1. The molecule has 2 aromatic rings. The predicted molar refractivity (Wildman–Crippen MR) is 67.3 cm³/mol. The minimum atomic E-state index is -0.0909. The number of pyridine rings is 1. The fourth-order valence-electron chi connectivity index (χ4n) is 1.24. The Balaban J connectivity index is 3.09. The fourth-order valence-corrected chi connectivity index (χ4v) is 2.12. The van der Waals surface area contributed by atoms with Gasteiger partial charge in [0.05, 0.1) is 24.5 Å². The van der Waals surface area contributed by atoms with Crippen LogP contribution >= 0.6 is 45.8 Å². The van der Waals surface area contributed by atoms with E-state index in [4.69, 9.17) is 23.2 Å². The lowest BCUT2D eigenvalue weighted by molar-refractivity contribution is 1.36. The first-order valence-corrected chi connectivity index (χ1v) is 5.59. The zero-order chi connectivity index (χ0) is 10.3. The van der Waals surface area contributed by atoms with Gasteiger partial charge in [0.25, 0.3) is 0 Å². The molecule has 0 fully saturated rings. The molecule has 5 heteroatoms. The first-order chi connectivity index (χ1) is 6.61. The number of H-pyrrole nitrogens is 1. The van der Waals surface area contributed by atoms with E-state index in [1.54, 1.807) is 18.3 Å². The predicted octanol–water partition coefficient (Wildman–Crippen LogP) is 3.44. The number of rotatable bonds is 0. The van der Waals surface area contributed by atoms with Gasteiger partial charge in [-0.2, -0.15) is 0 Å². The monoisotopic (exact) mass is 339 g/mol. The summed E-state index contributed by atoms with van der Waals surface area (Å²) in [6, 6.07) is 3.28. The summed E-state index contributed by atoms with van der Waals surface area (Å²) in [5.41, 5.74) is 0.497. The summed E-state index contributed by atoms with van der Waals surface area (Å²) in [5.74, 6) is 0. The number of nitrogens with one attached hydrogen (secondary N) is 1. The summed E-state index contributed by atoms with van der Waals surface area (Å²) in [7, 11) is 0. The number of hydrogen-bond donors (Lipinski definition) is 1. The van der Waals surface area contributed by atoms with Crippen molar-refractivity contribution in [3.63, 3.8) is 0 Å². The van der Waals surface area contributed by atoms with E-state index < -0.39 is 0 Å². The summed E-state index contributed by atoms with van der Waals surface area (Å²) >= 11 is 13.8. The summed E-state index contributed by atoms with van der Waals surface area (Å²) in [6.07, 6.45) is 1.62. The Bertz CT molecular complexity index is 564. The zero-order valence-corrected chi connectivity index (χ0v) is 10.4. The summed E-state index contributed by atoms with van der Waals surface area (Å²) in [4.78, 5) is 14.7. The molecule has 1 aromatic heterocycles. The Labute approximate surface area is 103 Å². The Morgan fingerprint density at radius 3 is 2.57 bits per heavy atom. The van der Waals surface area contributed by atoms with E-state index in [1.165, 1.54) is 0 Å². The molecule has 0 radical (unpaired) electrons. The van der Waals surface area contributed by atoms with E-state index in [9.17, 15) is 4.79 Å². The van der Waals surface area contributed by atoms with Crippen molar-refractivity contribution in [3.8, 4) is 0 Å². The minimum absolute atomic E-state index is 0.0909. The molecule has 0 atom stereocenters. The minimum Gasteiger partial charge on any atom is -0.359 e. The van der Waals surface area contributed by atoms with Crippen LogP contribution in [0.4, 0.5) is 0 Å². The third-order valence-corrected chi connectivity index (χ3v) is 3.32. The van der Waals surface area contributed by atoms with Gasteiger partial charge in [-0.25, -0.2) is 0 Å². The van der Waals surface area contributed by atoms with Crippen LogP contribution in [0.25, 0.3) is 10.9 Å². The van der Waals surface area contributed by atoms with Crippen LogP contribution in [0.2, 0.25) is 10.0 Å². The molecule has 0 amide bonds. The van der Waals surface area contributed by atoms with Crippen molar-refractivity contribution in [2.45, 2.75) is 0 Å². The van der Waals surface area contributed by atoms with Gasteiger partial charge in [0.1, 0.15) is 0 Å². The van der Waals surface area contributed by atoms with Crippen molar-refractivity contribution in [3.05, 3.63) is 42.2 Å². The lowest BCUT2D eigenvalue weighted by Crippen LogP contribution is -2.06. The van der Waals surface area contributed by atoms with Crippen molar-refractivity contribution in [1.82, 2.24) is 4.98 Å². The standard InChI is InChI=1S/C9H4Cl2INO/c10-4-1-2-5(11)8-7(4)9(14)6(12)3-13-8/h1-3H,(H,13,14). The maximum atomic E-state index is 11.7. The van der Waals surface area contributed by atoms with Gasteiger partial charge in [0, 0.05) is 6.20 Å². The van der Waals surface area contributed by atoms with E-state index in [1.807, 2.05) is 22.6 Å². The van der Waals surface area contributed by atoms with Gasteiger partial charge in [-0.3, -0.25) is 4.79 Å². The van der Waals surface area contributed by atoms with E-state index in [0.29, 0.717) is 24.5 Å². The quantitative estimate of drug-likeness (QED) is 0.733. The smallest absolute Gasteiger partial charge is 0.204 e. The second-order valence-corrected chi connectivity index (χ2v) is 4.72. The molecule has 1 heterocycles. The molecular formula is C9H4Cl2INO. The summed E-state index contributed by atoms with van der Waals surface area (Å²) in [6.45, 7) is 0. The van der Waals surface area contributed by atoms with Crippen LogP contribution in [-0.2, 0) is 0 Å². The third-order valence-electron chi connectivity index (χ3n) is 1.89. The van der Waals surface area contributed by atoms with Gasteiger partial charge < -0.3 is 4.98 Å². The van der Waals surface area contributed by atoms with Crippen LogP contribution in [0, 0.1) is 3.57 Å². The maximum Gasteiger partial charge on any atom is 0.204 e. The lowest BCUT2D eigenvalue weighted by Gasteiger charge is -2.02. The molecule has 72 valence electrons. The van der Waals surface area contributed by atoms with Crippen LogP contribution in [0.1, 0.15) is 0 Å². The molecule has 0 saturated heterocycles. The van der Waals surface area contributed by atoms with Crippen LogP contribution < -0.4 is 5.43 Å². The topological polar surface area (TPSA) is 32.9 Å². The second-order valence-electron chi connectivity index (χ2n) is 2.74. The molecule has 0 spiro atoms. The number of halogens is 3. The number of fused-ring (bicyclic) bond motifs is 1. The van der Waals surface area contributed by atoms with Crippen molar-refractivity contribution < 1.29 is 0 Å². The van der Waals surface area contributed by atoms with Gasteiger partial charge >= 0.3 is 0 Å². The molecule has 1 N–H and O–H groups in total. The summed E-state index contributed by atoms with van der Waals surface area (Å²) in [5, 5.41) is 1.37. The second kappa shape index (κ2) is 3.72. The highest BCUT2D eigenvalue weighted by molar-refractivity contribution is 14.1. The largest absolute Gasteiger partial charge is 0.359 e. The maximum absolute atomic E-state index is 11.7. The summed E-state index contributed by atoms with van der Waals surface area (Å²) < 4.78 is 0.597. The van der Waals surface area contributed by atoms with Crippen LogP contribution in [-0.4, -0.2) is 4.98 Å². The molecule has 0 unspecified atom stereocenters. The van der Waals surface area contributed by atoms with Gasteiger partial charge in [-0.05, 0) is 34.7 Å². The van der Waals surface area contributed by atoms with Crippen molar-refractivity contribution in [2.24, 2.45) is 0 Å². The van der Waals surface area contributed by atoms with Crippen LogP contribution in [0.3, 0.4) is 0 Å². The van der Waals surface area contributed by atoms with Crippen molar-refractivity contribution in [1.29, 1.82) is 0 Å². The zero-order valence-electron chi connectivity index (χ0n) is 6.77. The molecule has 0 aliphatic rings. The van der Waals surface area contributed by atoms with Gasteiger partial charge in [0.15, 0.2) is 0 Å². The van der Waals surface area contributed by atoms with Crippen molar-refractivity contribution in [2.75, 3.05) is 0 Å². The number of aromatic nitrogens is 1. The highest BCUT2D eigenvalue weighted by Crippen LogP contribution is 2.25. The highest BCUT2D eigenvalue weighted by Gasteiger charge is 2.09. The molecule has 2 nitrogen and oxygen atoms in total. The Morgan fingerprint density at radius 2 is 1.86 bits per heavy atom. The third kappa shape index (κ3) is 1.53. The number of hydrogen-bond acceptors (Lipinski definition) is 1. The molecule has 14 heavy (non-hydrogen) atoms. The Hall–Kier alpha value is -0.260. The molecule has 0 aliphatic carbocycles. The first kappa shape index (κ1) is 10.3. The molecular weight excluding hydrogens is 336 g/mol. The average Bonchev–Trinajstić information content (AvgIpc) is 2.16. The van der Waals surface area contributed by atoms with E-state index >= 15 is 0 Å². The first-order valence-electron chi connectivity index (χ1n) is 3.76. The highest BCUT2D eigenvalue weighted by atomic mass is 127. The van der Waals surface area contributed by atoms with E-state index in [2.05, 4.69) is 4.98 Å². The van der Waals surface area contributed by atoms with Gasteiger partial charge in [-0.1, -0.05) is 23.2 Å². The molecule has 0 aliphatic heterocycles. The average molecular weight is 340 g/mol. The molecule has 1 aromatic carbocycles. The van der Waals surface area contributed by atoms with Gasteiger partial charge in [0.2, 0.25) is 5.43 Å².